The number of aldehydes is 1. The number of hydrogen-bond donors (Lipinski definition) is 2. The fraction of sp³-hybridized carbons (Fsp3) is 0.609. The molecule has 9 heteroatoms. The maximum Gasteiger partial charge on any atom is 0.125 e. The molecule has 0 radical (unpaired) electrons. The fourth-order valence-electron chi connectivity index (χ4n) is 2.02. The molecular formula is C23H39O6P3. The molecule has 0 bridgehead atoms. The Balaban J connectivity index is -0.000000441. The Hall–Kier alpha value is -0.820. The van der Waals surface area contributed by atoms with E-state index in [1.165, 1.54) is 6.08 Å². The maximum absolute atomic E-state index is 10.3. The normalized spacial score (nSPS) is 18.6. The van der Waals surface area contributed by atoms with Gasteiger partial charge in [-0.2, -0.15) is 0 Å². The Morgan fingerprint density at radius 1 is 0.969 bits per heavy atom. The number of hydrogen-bond acceptors (Lipinski definition) is 6. The van der Waals surface area contributed by atoms with Crippen LogP contribution < -0.4 is 0 Å². The van der Waals surface area contributed by atoms with Crippen molar-refractivity contribution in [2.45, 2.75) is 64.4 Å². The predicted octanol–water partition coefficient (Wildman–Crippen LogP) is 3.20. The van der Waals surface area contributed by atoms with Crippen LogP contribution in [0.25, 0.3) is 0 Å². The second-order valence-corrected chi connectivity index (χ2v) is 7.64. The molecule has 0 rings (SSSR count). The zero-order valence-electron chi connectivity index (χ0n) is 22.0. The van der Waals surface area contributed by atoms with E-state index < -0.39 is 6.10 Å². The molecule has 0 aliphatic heterocycles. The van der Waals surface area contributed by atoms with Gasteiger partial charge in [0.2, 0.25) is 0 Å². The van der Waals surface area contributed by atoms with E-state index in [9.17, 15) is 9.90 Å². The summed E-state index contributed by atoms with van der Waals surface area (Å²) in [6.45, 7) is 8.94. The van der Waals surface area contributed by atoms with E-state index in [-0.39, 0.29) is 70.9 Å². The van der Waals surface area contributed by atoms with Crippen molar-refractivity contribution in [1.82, 2.24) is 0 Å². The van der Waals surface area contributed by atoms with E-state index in [0.717, 1.165) is 6.29 Å². The highest BCUT2D eigenvalue weighted by Gasteiger charge is 2.21. The summed E-state index contributed by atoms with van der Waals surface area (Å²) in [7, 11) is -1.03. The molecule has 0 aromatic heterocycles. The van der Waals surface area contributed by atoms with Crippen molar-refractivity contribution < 1.29 is 28.6 Å². The zero-order valence-corrected chi connectivity index (χ0v) is 22.0. The average Bonchev–Trinajstić information content (AvgIpc) is 2.87. The number of carbonyl (C=O) groups excluding carboxylic acids is 1. The van der Waals surface area contributed by atoms with Crippen LogP contribution in [-0.2, 0) is 18.4 Å². The summed E-state index contributed by atoms with van der Waals surface area (Å²) in [5, 5.41) is 18.2. The molecule has 6 nitrogen and oxygen atoms in total. The average molecular weight is 511 g/mol. The molecular weight excluding hydrogens is 465 g/mol. The lowest BCUT2D eigenvalue weighted by atomic mass is 9.96. The van der Waals surface area contributed by atoms with Crippen LogP contribution in [0.3, 0.4) is 0 Å². The molecule has 0 aromatic carbocycles. The summed E-state index contributed by atoms with van der Waals surface area (Å²) in [6, 6.07) is 0. The Morgan fingerprint density at radius 2 is 1.41 bits per heavy atom. The highest BCUT2D eigenvalue weighted by Crippen LogP contribution is 2.18. The first-order valence-electron chi connectivity index (χ1n) is 11.3. The third kappa shape index (κ3) is 17.7. The van der Waals surface area contributed by atoms with Gasteiger partial charge in [0.1, 0.15) is 6.29 Å². The minimum absolute atomic E-state index is 0.0175. The van der Waals surface area contributed by atoms with Crippen LogP contribution in [0.4, 0.5) is 0 Å². The van der Waals surface area contributed by atoms with Crippen LogP contribution in [0.15, 0.2) is 12.7 Å². The van der Waals surface area contributed by atoms with E-state index in [1.807, 2.05) is 13.8 Å². The molecule has 0 aromatic rings. The van der Waals surface area contributed by atoms with Gasteiger partial charge in [-0.1, -0.05) is 26.8 Å². The van der Waals surface area contributed by atoms with E-state index >= 15 is 0 Å². The molecule has 0 amide bonds. The van der Waals surface area contributed by atoms with Crippen LogP contribution in [0, 0.1) is 54.8 Å². The molecule has 0 saturated heterocycles. The lowest BCUT2D eigenvalue weighted by Crippen LogP contribution is -2.28. The fourth-order valence-corrected chi connectivity index (χ4v) is 2.93. The van der Waals surface area contributed by atoms with Gasteiger partial charge in [-0.05, 0) is 0 Å². The van der Waals surface area contributed by atoms with Crippen molar-refractivity contribution in [1.29, 1.82) is 3.84 Å². The van der Waals surface area contributed by atoms with E-state index in [4.69, 9.17) is 41.8 Å². The molecule has 0 saturated carbocycles. The molecule has 0 heterocycles. The number of aliphatic hydroxyl groups excluding tert-OH is 2. The summed E-state index contributed by atoms with van der Waals surface area (Å²) in [5.41, 5.74) is 0. The molecule has 2 N–H and O–H groups in total. The van der Waals surface area contributed by atoms with Gasteiger partial charge >= 0.3 is 0 Å². The smallest absolute Gasteiger partial charge is 0.125 e. The van der Waals surface area contributed by atoms with Gasteiger partial charge in [0.15, 0.2) is 0 Å². The second kappa shape index (κ2) is 24.8. The highest BCUT2D eigenvalue weighted by molar-refractivity contribution is 7.10. The van der Waals surface area contributed by atoms with Crippen LogP contribution in [0.1, 0.15) is 40.0 Å². The standard InChI is InChI=1S/C9H15O2P.C7H13O2P.C7H11O2P/c1-4-6-9(11-12)7(3)8(10)5-2;2*1-3-4-7(9-10)6(2)5-8/h1,5,7-10H,2,6,12H2,3H3;1,6-8H,4-5,10H2,2H3;1,5-7H,4,10H2,2H3/t7-,8?,9?;2*6-,7?/m000/s1/i12T;2*10T/t7-,8?,9?,12?;2*6-,7?,10?. The van der Waals surface area contributed by atoms with Crippen molar-refractivity contribution in [2.24, 2.45) is 17.8 Å². The summed E-state index contributed by atoms with van der Waals surface area (Å²) < 4.78 is 35.7. The van der Waals surface area contributed by atoms with Gasteiger partial charge in [0.25, 0.3) is 0 Å². The van der Waals surface area contributed by atoms with E-state index in [0.29, 0.717) is 19.3 Å². The Labute approximate surface area is 205 Å². The molecule has 182 valence electrons. The monoisotopic (exact) mass is 510 g/mol. The Kier molecular flexibility index (Phi) is 22.7. The van der Waals surface area contributed by atoms with Crippen molar-refractivity contribution in [3.8, 4) is 37.0 Å². The molecule has 32 heavy (non-hydrogen) atoms. The summed E-state index contributed by atoms with van der Waals surface area (Å²) in [4.78, 5) is 10.3. The molecule has 10 atom stereocenters. The van der Waals surface area contributed by atoms with Crippen molar-refractivity contribution >= 4 is 34.5 Å². The minimum Gasteiger partial charge on any atom is -0.396 e. The van der Waals surface area contributed by atoms with Gasteiger partial charge in [-0.15, -0.1) is 43.6 Å². The Bertz CT molecular complexity index is 654. The second-order valence-electron chi connectivity index (χ2n) is 6.93. The van der Waals surface area contributed by atoms with Crippen LogP contribution in [0.2, 0.25) is 0 Å². The third-order valence-corrected chi connectivity index (χ3v) is 5.41. The number of carbonyl (C=O) groups is 1. The minimum atomic E-state index is -0.630. The predicted molar refractivity (Wildman–Crippen MR) is 141 cm³/mol. The van der Waals surface area contributed by atoms with Gasteiger partial charge in [-0.25, -0.2) is 0 Å². The highest BCUT2D eigenvalue weighted by atomic mass is 31.0. The number of aliphatic hydroxyl groups is 2. The van der Waals surface area contributed by atoms with Crippen molar-refractivity contribution in [2.75, 3.05) is 6.61 Å². The Morgan fingerprint density at radius 3 is 1.81 bits per heavy atom. The topological polar surface area (TPSA) is 85.2 Å². The van der Waals surface area contributed by atoms with Crippen molar-refractivity contribution in [3.05, 3.63) is 12.7 Å². The molecule has 7 unspecified atom stereocenters. The molecule has 0 spiro atoms. The summed E-state index contributed by atoms with van der Waals surface area (Å²) in [6.07, 6.45) is 17.5. The zero-order chi connectivity index (χ0) is 27.6. The van der Waals surface area contributed by atoms with Gasteiger partial charge in [0.05, 0.1) is 28.3 Å². The SMILES string of the molecule is [3H]POC(CC#C)[C@@H](C)C(O)C=C.[3H]POC(CC#C)[C@@H](C)C=O.[3H]POC(CC#C)[C@@H](C)CO. The van der Waals surface area contributed by atoms with Crippen LogP contribution in [0.5, 0.6) is 0 Å². The first-order valence-corrected chi connectivity index (χ1v) is 11.1. The first kappa shape index (κ1) is 29.2. The quantitative estimate of drug-likeness (QED) is 0.144. The lowest BCUT2D eigenvalue weighted by molar-refractivity contribution is -0.112. The van der Waals surface area contributed by atoms with Crippen LogP contribution in [-0.4, -0.2) is 51.4 Å². The molecule has 0 aliphatic rings. The maximum atomic E-state index is 10.3. The van der Waals surface area contributed by atoms with E-state index in [1.54, 1.807) is 6.92 Å². The van der Waals surface area contributed by atoms with Gasteiger partial charge < -0.3 is 28.6 Å². The third-order valence-electron chi connectivity index (χ3n) is 4.50. The van der Waals surface area contributed by atoms with Crippen molar-refractivity contribution in [3.63, 3.8) is 0 Å². The lowest BCUT2D eigenvalue weighted by Gasteiger charge is -2.23. The summed E-state index contributed by atoms with van der Waals surface area (Å²) >= 11 is 0. The van der Waals surface area contributed by atoms with Gasteiger partial charge in [0, 0.05) is 71.9 Å². The first-order chi connectivity index (χ1) is 16.7. The molecule has 0 fully saturated rings. The van der Waals surface area contributed by atoms with Gasteiger partial charge in [-0.3, -0.25) is 0 Å². The molecule has 0 aliphatic carbocycles. The summed E-state index contributed by atoms with van der Waals surface area (Å²) in [5.74, 6) is 7.00. The number of rotatable bonds is 16. The van der Waals surface area contributed by atoms with Crippen LogP contribution >= 0.6 is 28.2 Å². The van der Waals surface area contributed by atoms with E-state index in [2.05, 4.69) is 24.3 Å². The number of terminal acetylenes is 3. The largest absolute Gasteiger partial charge is 0.396 e.